The fourth-order valence-corrected chi connectivity index (χ4v) is 1.98. The molecule has 3 nitrogen and oxygen atoms in total. The molecule has 0 fully saturated rings. The first-order chi connectivity index (χ1) is 7.91. The Bertz CT molecular complexity index is 533. The van der Waals surface area contributed by atoms with E-state index < -0.39 is 0 Å². The van der Waals surface area contributed by atoms with Gasteiger partial charge in [-0.2, -0.15) is 5.10 Å². The van der Waals surface area contributed by atoms with Gasteiger partial charge in [0.2, 0.25) is 0 Å². The number of nitrogens with two attached hydrogens (primary N) is 1. The van der Waals surface area contributed by atoms with E-state index >= 15 is 0 Å². The van der Waals surface area contributed by atoms with E-state index in [0.29, 0.717) is 0 Å². The maximum absolute atomic E-state index is 6.06. The molecule has 0 aliphatic rings. The molecule has 90 valence electrons. The smallest absolute Gasteiger partial charge is 0.0920 e. The summed E-state index contributed by atoms with van der Waals surface area (Å²) in [4.78, 5) is 0. The van der Waals surface area contributed by atoms with Gasteiger partial charge in [0, 0.05) is 5.56 Å². The Hall–Kier alpha value is -1.77. The van der Waals surface area contributed by atoms with Gasteiger partial charge in [0.15, 0.2) is 0 Å². The molecule has 0 amide bonds. The maximum Gasteiger partial charge on any atom is 0.0920 e. The van der Waals surface area contributed by atoms with Gasteiger partial charge in [0.05, 0.1) is 23.1 Å². The van der Waals surface area contributed by atoms with Crippen LogP contribution in [-0.2, 0) is 5.54 Å². The second kappa shape index (κ2) is 3.91. The number of anilines is 1. The van der Waals surface area contributed by atoms with Crippen molar-refractivity contribution in [3.8, 4) is 11.3 Å². The van der Waals surface area contributed by atoms with E-state index in [4.69, 9.17) is 5.73 Å². The molecule has 0 saturated heterocycles. The third-order valence-corrected chi connectivity index (χ3v) is 2.83. The molecular weight excluding hydrogens is 210 g/mol. The average molecular weight is 229 g/mol. The van der Waals surface area contributed by atoms with Crippen molar-refractivity contribution >= 4 is 5.69 Å². The van der Waals surface area contributed by atoms with Gasteiger partial charge in [0.25, 0.3) is 0 Å². The Kier molecular flexibility index (Phi) is 2.69. The zero-order chi connectivity index (χ0) is 12.6. The summed E-state index contributed by atoms with van der Waals surface area (Å²) in [6.07, 6.45) is 1.73. The normalized spacial score (nSPS) is 11.8. The van der Waals surface area contributed by atoms with Gasteiger partial charge >= 0.3 is 0 Å². The number of nitrogens with zero attached hydrogens (tertiary/aromatic N) is 2. The van der Waals surface area contributed by atoms with Crippen molar-refractivity contribution in [3.05, 3.63) is 36.0 Å². The molecule has 2 aromatic rings. The Morgan fingerprint density at radius 3 is 2.41 bits per heavy atom. The number of hydrogen-bond acceptors (Lipinski definition) is 2. The molecule has 1 aromatic carbocycles. The van der Waals surface area contributed by atoms with Crippen LogP contribution in [0.1, 0.15) is 26.3 Å². The lowest BCUT2D eigenvalue weighted by Gasteiger charge is -2.23. The second-order valence-electron chi connectivity index (χ2n) is 5.35. The van der Waals surface area contributed by atoms with Crippen molar-refractivity contribution in [1.82, 2.24) is 9.78 Å². The van der Waals surface area contributed by atoms with Crippen molar-refractivity contribution < 1.29 is 0 Å². The van der Waals surface area contributed by atoms with Gasteiger partial charge in [-0.3, -0.25) is 4.68 Å². The molecule has 0 unspecified atom stereocenters. The predicted octanol–water partition coefficient (Wildman–Crippen LogP) is 3.20. The van der Waals surface area contributed by atoms with Crippen LogP contribution in [0.15, 0.2) is 30.5 Å². The summed E-state index contributed by atoms with van der Waals surface area (Å²) in [7, 11) is 0. The minimum atomic E-state index is -0.0742. The third kappa shape index (κ3) is 2.05. The van der Waals surface area contributed by atoms with Gasteiger partial charge in [-0.05, 0) is 33.3 Å². The van der Waals surface area contributed by atoms with Crippen LogP contribution in [0.25, 0.3) is 11.3 Å². The van der Waals surface area contributed by atoms with Gasteiger partial charge in [0.1, 0.15) is 0 Å². The summed E-state index contributed by atoms with van der Waals surface area (Å²) in [6.45, 7) is 8.47. The van der Waals surface area contributed by atoms with Crippen LogP contribution in [0, 0.1) is 6.92 Å². The van der Waals surface area contributed by atoms with E-state index in [2.05, 4.69) is 44.9 Å². The topological polar surface area (TPSA) is 43.8 Å². The lowest BCUT2D eigenvalue weighted by molar-refractivity contribution is 0.360. The molecule has 17 heavy (non-hydrogen) atoms. The quantitative estimate of drug-likeness (QED) is 0.816. The van der Waals surface area contributed by atoms with Gasteiger partial charge in [-0.25, -0.2) is 0 Å². The van der Waals surface area contributed by atoms with Crippen LogP contribution in [-0.4, -0.2) is 9.78 Å². The van der Waals surface area contributed by atoms with Gasteiger partial charge < -0.3 is 5.73 Å². The number of hydrogen-bond donors (Lipinski definition) is 1. The lowest BCUT2D eigenvalue weighted by atomic mass is 10.0. The molecule has 1 heterocycles. The molecule has 0 atom stereocenters. The summed E-state index contributed by atoms with van der Waals surface area (Å²) >= 11 is 0. The van der Waals surface area contributed by atoms with Crippen molar-refractivity contribution in [2.45, 2.75) is 33.2 Å². The molecule has 2 N–H and O–H groups in total. The first-order valence-corrected chi connectivity index (χ1v) is 5.81. The SMILES string of the molecule is Cc1ccccc1-c1c(N)cnn1C(C)(C)C. The minimum absolute atomic E-state index is 0.0742. The van der Waals surface area contributed by atoms with Gasteiger partial charge in [-0.1, -0.05) is 24.3 Å². The van der Waals surface area contributed by atoms with Crippen LogP contribution in [0.2, 0.25) is 0 Å². The molecule has 1 aromatic heterocycles. The molecule has 3 heteroatoms. The summed E-state index contributed by atoms with van der Waals surface area (Å²) in [5.74, 6) is 0. The molecule has 0 bridgehead atoms. The van der Waals surface area contributed by atoms with Crippen molar-refractivity contribution in [3.63, 3.8) is 0 Å². The number of aryl methyl sites for hydroxylation is 1. The summed E-state index contributed by atoms with van der Waals surface area (Å²) in [5, 5.41) is 4.40. The highest BCUT2D eigenvalue weighted by Crippen LogP contribution is 2.32. The highest BCUT2D eigenvalue weighted by atomic mass is 15.3. The van der Waals surface area contributed by atoms with Crippen molar-refractivity contribution in [1.29, 1.82) is 0 Å². The standard InChI is InChI=1S/C14H19N3/c1-10-7-5-6-8-11(10)13-12(15)9-16-17(13)14(2,3)4/h5-9H,15H2,1-4H3. The molecule has 0 aliphatic carbocycles. The molecule has 0 aliphatic heterocycles. The molecule has 0 saturated carbocycles. The molecular formula is C14H19N3. The van der Waals surface area contributed by atoms with E-state index in [1.165, 1.54) is 5.56 Å². The van der Waals surface area contributed by atoms with Crippen LogP contribution < -0.4 is 5.73 Å². The van der Waals surface area contributed by atoms with Crippen molar-refractivity contribution in [2.75, 3.05) is 5.73 Å². The Morgan fingerprint density at radius 2 is 1.82 bits per heavy atom. The summed E-state index contributed by atoms with van der Waals surface area (Å²) in [6, 6.07) is 8.24. The molecule has 0 radical (unpaired) electrons. The van der Waals surface area contributed by atoms with E-state index in [1.807, 2.05) is 16.8 Å². The third-order valence-electron chi connectivity index (χ3n) is 2.83. The second-order valence-corrected chi connectivity index (χ2v) is 5.35. The van der Waals surface area contributed by atoms with Crippen LogP contribution in [0.4, 0.5) is 5.69 Å². The largest absolute Gasteiger partial charge is 0.396 e. The first-order valence-electron chi connectivity index (χ1n) is 5.81. The van der Waals surface area contributed by atoms with E-state index in [9.17, 15) is 0 Å². The number of rotatable bonds is 1. The first kappa shape index (κ1) is 11.7. The van der Waals surface area contributed by atoms with Crippen LogP contribution in [0.3, 0.4) is 0 Å². The maximum atomic E-state index is 6.06. The zero-order valence-corrected chi connectivity index (χ0v) is 10.9. The Labute approximate surface area is 102 Å². The predicted molar refractivity (Wildman–Crippen MR) is 71.8 cm³/mol. The summed E-state index contributed by atoms with van der Waals surface area (Å²) < 4.78 is 1.99. The highest BCUT2D eigenvalue weighted by molar-refractivity contribution is 5.75. The molecule has 0 spiro atoms. The summed E-state index contributed by atoms with van der Waals surface area (Å²) in [5.41, 5.74) is 10.1. The minimum Gasteiger partial charge on any atom is -0.396 e. The van der Waals surface area contributed by atoms with Crippen LogP contribution >= 0.6 is 0 Å². The Balaban J connectivity index is 2.68. The number of nitrogen functional groups attached to an aromatic ring is 1. The van der Waals surface area contributed by atoms with Gasteiger partial charge in [-0.15, -0.1) is 0 Å². The lowest BCUT2D eigenvalue weighted by Crippen LogP contribution is -2.24. The molecule has 2 rings (SSSR count). The van der Waals surface area contributed by atoms with Crippen molar-refractivity contribution in [2.24, 2.45) is 0 Å². The Morgan fingerprint density at radius 1 is 1.18 bits per heavy atom. The van der Waals surface area contributed by atoms with E-state index in [-0.39, 0.29) is 5.54 Å². The van der Waals surface area contributed by atoms with E-state index in [1.54, 1.807) is 6.20 Å². The zero-order valence-electron chi connectivity index (χ0n) is 10.9. The number of benzene rings is 1. The van der Waals surface area contributed by atoms with Crippen LogP contribution in [0.5, 0.6) is 0 Å². The highest BCUT2D eigenvalue weighted by Gasteiger charge is 2.21. The average Bonchev–Trinajstić information content (AvgIpc) is 2.60. The monoisotopic (exact) mass is 229 g/mol. The fourth-order valence-electron chi connectivity index (χ4n) is 1.98. The number of aromatic nitrogens is 2. The fraction of sp³-hybridized carbons (Fsp3) is 0.357. The van der Waals surface area contributed by atoms with E-state index in [0.717, 1.165) is 16.9 Å².